The molecule has 0 radical (unpaired) electrons. The fourth-order valence-electron chi connectivity index (χ4n) is 1.72. The van der Waals surface area contributed by atoms with E-state index in [1.54, 1.807) is 0 Å². The van der Waals surface area contributed by atoms with Crippen molar-refractivity contribution in [3.05, 3.63) is 11.7 Å². The zero-order valence-corrected chi connectivity index (χ0v) is 8.55. The van der Waals surface area contributed by atoms with Crippen LogP contribution in [-0.2, 0) is 12.8 Å². The van der Waals surface area contributed by atoms with E-state index in [0.29, 0.717) is 6.42 Å². The van der Waals surface area contributed by atoms with Crippen molar-refractivity contribution >= 4 is 0 Å². The van der Waals surface area contributed by atoms with E-state index in [2.05, 4.69) is 10.1 Å². The number of nitrogens with zero attached hydrogens (tertiary/aromatic N) is 2. The van der Waals surface area contributed by atoms with Crippen LogP contribution in [0, 0.1) is 0 Å². The van der Waals surface area contributed by atoms with Crippen LogP contribution in [0.1, 0.15) is 31.0 Å². The quantitative estimate of drug-likeness (QED) is 0.864. The molecule has 0 spiro atoms. The Bertz CT molecular complexity index is 370. The number of nitrogens with two attached hydrogens (primary N) is 1. The lowest BCUT2D eigenvalue weighted by atomic mass is 9.75. The van der Waals surface area contributed by atoms with Gasteiger partial charge in [-0.25, -0.2) is 0 Å². The Morgan fingerprint density at radius 1 is 1.38 bits per heavy atom. The maximum atomic E-state index is 12.0. The topological polar surface area (TPSA) is 64.9 Å². The van der Waals surface area contributed by atoms with Gasteiger partial charge in [0.15, 0.2) is 5.82 Å². The molecule has 2 rings (SSSR count). The van der Waals surface area contributed by atoms with E-state index in [1.807, 2.05) is 0 Å². The molecule has 1 aromatic heterocycles. The first-order chi connectivity index (χ1) is 7.36. The molecular weight excluding hydrogens is 223 g/mol. The average Bonchev–Trinajstić information content (AvgIpc) is 2.46. The molecule has 1 fully saturated rings. The van der Waals surface area contributed by atoms with Crippen molar-refractivity contribution in [2.45, 2.75) is 43.8 Å². The summed E-state index contributed by atoms with van der Waals surface area (Å²) in [7, 11) is 0. The number of halogens is 3. The number of hydrogen-bond acceptors (Lipinski definition) is 4. The lowest BCUT2D eigenvalue weighted by Crippen LogP contribution is -2.48. The molecule has 1 heterocycles. The van der Waals surface area contributed by atoms with Gasteiger partial charge in [-0.3, -0.25) is 0 Å². The fourth-order valence-corrected chi connectivity index (χ4v) is 1.72. The fraction of sp³-hybridized carbons (Fsp3) is 0.778. The lowest BCUT2D eigenvalue weighted by molar-refractivity contribution is -0.128. The first-order valence-corrected chi connectivity index (χ1v) is 5.03. The summed E-state index contributed by atoms with van der Waals surface area (Å²) in [6.07, 6.45) is -2.36. The van der Waals surface area contributed by atoms with Crippen LogP contribution in [-0.4, -0.2) is 21.9 Å². The Labute approximate surface area is 90.0 Å². The van der Waals surface area contributed by atoms with Crippen molar-refractivity contribution in [3.8, 4) is 0 Å². The van der Waals surface area contributed by atoms with E-state index < -0.39 is 12.6 Å². The Balaban J connectivity index is 1.97. The first-order valence-electron chi connectivity index (χ1n) is 5.03. The SMILES string of the molecule is NC1(Cc2nc(CC(F)(F)F)no2)CCC1. The largest absolute Gasteiger partial charge is 0.396 e. The molecule has 90 valence electrons. The monoisotopic (exact) mass is 235 g/mol. The van der Waals surface area contributed by atoms with Crippen molar-refractivity contribution in [3.63, 3.8) is 0 Å². The van der Waals surface area contributed by atoms with Gasteiger partial charge in [0.2, 0.25) is 5.89 Å². The molecule has 7 heteroatoms. The molecule has 16 heavy (non-hydrogen) atoms. The molecule has 0 atom stereocenters. The highest BCUT2D eigenvalue weighted by Crippen LogP contribution is 2.32. The minimum absolute atomic E-state index is 0.196. The molecule has 0 unspecified atom stereocenters. The summed E-state index contributed by atoms with van der Waals surface area (Å²) in [5.74, 6) is -0.133. The van der Waals surface area contributed by atoms with Gasteiger partial charge in [0, 0.05) is 12.0 Å². The lowest BCUT2D eigenvalue weighted by Gasteiger charge is -2.36. The van der Waals surface area contributed by atoms with Crippen molar-refractivity contribution in [2.75, 3.05) is 0 Å². The predicted molar refractivity (Wildman–Crippen MR) is 48.5 cm³/mol. The third kappa shape index (κ3) is 2.72. The molecule has 2 N–H and O–H groups in total. The zero-order valence-electron chi connectivity index (χ0n) is 8.55. The number of alkyl halides is 3. The van der Waals surface area contributed by atoms with E-state index in [1.165, 1.54) is 0 Å². The Hall–Kier alpha value is -1.11. The third-order valence-electron chi connectivity index (χ3n) is 2.72. The third-order valence-corrected chi connectivity index (χ3v) is 2.72. The van der Waals surface area contributed by atoms with Crippen LogP contribution >= 0.6 is 0 Å². The van der Waals surface area contributed by atoms with Crippen LogP contribution < -0.4 is 5.73 Å². The van der Waals surface area contributed by atoms with Crippen molar-refractivity contribution in [2.24, 2.45) is 5.73 Å². The van der Waals surface area contributed by atoms with Gasteiger partial charge in [0.05, 0.1) is 0 Å². The van der Waals surface area contributed by atoms with E-state index >= 15 is 0 Å². The zero-order chi connectivity index (χ0) is 11.8. The molecule has 1 saturated carbocycles. The molecule has 1 aromatic rings. The normalized spacial score (nSPS) is 19.5. The second-order valence-electron chi connectivity index (χ2n) is 4.29. The van der Waals surface area contributed by atoms with Gasteiger partial charge in [-0.2, -0.15) is 18.2 Å². The molecule has 1 aliphatic rings. The van der Waals surface area contributed by atoms with Gasteiger partial charge < -0.3 is 10.3 Å². The van der Waals surface area contributed by atoms with Gasteiger partial charge in [-0.05, 0) is 19.3 Å². The van der Waals surface area contributed by atoms with E-state index in [0.717, 1.165) is 19.3 Å². The van der Waals surface area contributed by atoms with E-state index in [-0.39, 0.29) is 17.3 Å². The van der Waals surface area contributed by atoms with Crippen molar-refractivity contribution < 1.29 is 17.7 Å². The Morgan fingerprint density at radius 3 is 2.56 bits per heavy atom. The molecule has 1 aliphatic carbocycles. The van der Waals surface area contributed by atoms with Gasteiger partial charge >= 0.3 is 6.18 Å². The standard InChI is InChI=1S/C9H12F3N3O/c10-9(11,12)4-6-14-7(16-15-6)5-8(13)2-1-3-8/h1-5,13H2. The van der Waals surface area contributed by atoms with Gasteiger partial charge in [-0.1, -0.05) is 5.16 Å². The molecule has 0 aliphatic heterocycles. The van der Waals surface area contributed by atoms with Crippen LogP contribution in [0.4, 0.5) is 13.2 Å². The maximum absolute atomic E-state index is 12.0. The molecule has 0 bridgehead atoms. The molecule has 0 aromatic carbocycles. The van der Waals surface area contributed by atoms with Crippen LogP contribution in [0.2, 0.25) is 0 Å². The second kappa shape index (κ2) is 3.73. The van der Waals surface area contributed by atoms with Gasteiger partial charge in [-0.15, -0.1) is 0 Å². The molecular formula is C9H12F3N3O. The van der Waals surface area contributed by atoms with Gasteiger partial charge in [0.1, 0.15) is 6.42 Å². The smallest absolute Gasteiger partial charge is 0.339 e. The van der Waals surface area contributed by atoms with Crippen LogP contribution in [0.15, 0.2) is 4.52 Å². The van der Waals surface area contributed by atoms with Crippen molar-refractivity contribution in [1.29, 1.82) is 0 Å². The summed E-state index contributed by atoms with van der Waals surface area (Å²) >= 11 is 0. The van der Waals surface area contributed by atoms with Gasteiger partial charge in [0.25, 0.3) is 0 Å². The molecule has 0 amide bonds. The number of hydrogen-bond donors (Lipinski definition) is 1. The summed E-state index contributed by atoms with van der Waals surface area (Å²) in [5.41, 5.74) is 5.56. The number of rotatable bonds is 3. The van der Waals surface area contributed by atoms with Crippen LogP contribution in [0.5, 0.6) is 0 Å². The Kier molecular flexibility index (Phi) is 2.65. The number of aromatic nitrogens is 2. The predicted octanol–water partition coefficient (Wildman–Crippen LogP) is 1.60. The summed E-state index contributed by atoms with van der Waals surface area (Å²) in [4.78, 5) is 3.68. The molecule has 0 saturated heterocycles. The van der Waals surface area contributed by atoms with Crippen molar-refractivity contribution in [1.82, 2.24) is 10.1 Å². The minimum Gasteiger partial charge on any atom is -0.339 e. The summed E-state index contributed by atoms with van der Waals surface area (Å²) in [5, 5.41) is 3.28. The highest BCUT2D eigenvalue weighted by molar-refractivity contribution is 5.01. The highest BCUT2D eigenvalue weighted by Gasteiger charge is 2.35. The van der Waals surface area contributed by atoms with E-state index in [4.69, 9.17) is 10.3 Å². The Morgan fingerprint density at radius 2 is 2.06 bits per heavy atom. The van der Waals surface area contributed by atoms with E-state index in [9.17, 15) is 13.2 Å². The van der Waals surface area contributed by atoms with Crippen LogP contribution in [0.25, 0.3) is 0 Å². The highest BCUT2D eigenvalue weighted by atomic mass is 19.4. The summed E-state index contributed by atoms with van der Waals surface area (Å²) < 4.78 is 40.8. The first kappa shape index (κ1) is 11.4. The maximum Gasteiger partial charge on any atom is 0.396 e. The average molecular weight is 235 g/mol. The van der Waals surface area contributed by atoms with Crippen LogP contribution in [0.3, 0.4) is 0 Å². The summed E-state index contributed by atoms with van der Waals surface area (Å²) in [6, 6.07) is 0. The molecule has 4 nitrogen and oxygen atoms in total. The summed E-state index contributed by atoms with van der Waals surface area (Å²) in [6.45, 7) is 0. The minimum atomic E-state index is -4.31. The second-order valence-corrected chi connectivity index (χ2v) is 4.29.